The van der Waals surface area contributed by atoms with E-state index in [1.807, 2.05) is 0 Å². The second kappa shape index (κ2) is 6.90. The van der Waals surface area contributed by atoms with E-state index in [9.17, 15) is 8.42 Å². The summed E-state index contributed by atoms with van der Waals surface area (Å²) < 4.78 is 27.6. The Balaban J connectivity index is 1.97. The zero-order chi connectivity index (χ0) is 16.4. The van der Waals surface area contributed by atoms with Crippen molar-refractivity contribution in [3.8, 4) is 0 Å². The fraction of sp³-hybridized carbons (Fsp3) is 0.647. The molecule has 1 aliphatic rings. The van der Waals surface area contributed by atoms with Gasteiger partial charge in [-0.05, 0) is 61.3 Å². The Morgan fingerprint density at radius 1 is 1.14 bits per heavy atom. The van der Waals surface area contributed by atoms with Crippen LogP contribution >= 0.6 is 11.6 Å². The van der Waals surface area contributed by atoms with E-state index in [4.69, 9.17) is 11.6 Å². The molecule has 22 heavy (non-hydrogen) atoms. The highest BCUT2D eigenvalue weighted by atomic mass is 35.5. The van der Waals surface area contributed by atoms with Crippen molar-refractivity contribution in [2.45, 2.75) is 63.8 Å². The third-order valence-electron chi connectivity index (χ3n) is 5.19. The van der Waals surface area contributed by atoms with Gasteiger partial charge >= 0.3 is 0 Å². The first-order valence-corrected chi connectivity index (χ1v) is 9.88. The summed E-state index contributed by atoms with van der Waals surface area (Å²) in [6, 6.07) is 6.37. The topological polar surface area (TPSA) is 46.2 Å². The second-order valence-electron chi connectivity index (χ2n) is 6.97. The predicted molar refractivity (Wildman–Crippen MR) is 91.6 cm³/mol. The molecule has 0 bridgehead atoms. The van der Waals surface area contributed by atoms with Gasteiger partial charge in [-0.1, -0.05) is 38.8 Å². The standard InChI is InChI=1S/C17H26ClNO2S/c1-4-17(2,3)13-5-9-15(10-6-13)19-22(20,21)16-11-7-14(18)8-12-16/h7-8,11-13,15,19H,4-6,9-10H2,1-3H3. The zero-order valence-corrected chi connectivity index (χ0v) is 15.2. The van der Waals surface area contributed by atoms with E-state index in [0.717, 1.165) is 25.7 Å². The molecule has 0 amide bonds. The molecule has 0 aliphatic heterocycles. The fourth-order valence-electron chi connectivity index (χ4n) is 3.18. The lowest BCUT2D eigenvalue weighted by atomic mass is 9.69. The van der Waals surface area contributed by atoms with Crippen LogP contribution in [0.15, 0.2) is 29.2 Å². The van der Waals surface area contributed by atoms with Crippen molar-refractivity contribution in [3.63, 3.8) is 0 Å². The van der Waals surface area contributed by atoms with Gasteiger partial charge < -0.3 is 0 Å². The molecule has 0 spiro atoms. The Morgan fingerprint density at radius 3 is 2.18 bits per heavy atom. The van der Waals surface area contributed by atoms with Crippen molar-refractivity contribution in [1.29, 1.82) is 0 Å². The molecule has 1 N–H and O–H groups in total. The average Bonchev–Trinajstić information content (AvgIpc) is 2.48. The van der Waals surface area contributed by atoms with Crippen LogP contribution in [0.2, 0.25) is 5.02 Å². The molecule has 1 saturated carbocycles. The number of rotatable bonds is 5. The maximum atomic E-state index is 12.4. The van der Waals surface area contributed by atoms with Gasteiger partial charge in [-0.3, -0.25) is 0 Å². The third-order valence-corrected chi connectivity index (χ3v) is 6.98. The summed E-state index contributed by atoms with van der Waals surface area (Å²) in [4.78, 5) is 0.285. The number of benzene rings is 1. The minimum Gasteiger partial charge on any atom is -0.208 e. The van der Waals surface area contributed by atoms with Gasteiger partial charge in [-0.25, -0.2) is 13.1 Å². The summed E-state index contributed by atoms with van der Waals surface area (Å²) >= 11 is 5.81. The number of sulfonamides is 1. The predicted octanol–water partition coefficient (Wildman–Crippen LogP) is 4.61. The average molecular weight is 344 g/mol. The Kier molecular flexibility index (Phi) is 5.57. The molecule has 0 unspecified atom stereocenters. The maximum absolute atomic E-state index is 12.4. The second-order valence-corrected chi connectivity index (χ2v) is 9.12. The minimum atomic E-state index is -3.44. The monoisotopic (exact) mass is 343 g/mol. The van der Waals surface area contributed by atoms with Crippen LogP contribution < -0.4 is 4.72 Å². The van der Waals surface area contributed by atoms with Crippen LogP contribution in [0.1, 0.15) is 52.9 Å². The smallest absolute Gasteiger partial charge is 0.208 e. The first-order valence-electron chi connectivity index (χ1n) is 8.02. The first kappa shape index (κ1) is 17.8. The number of nitrogens with one attached hydrogen (secondary N) is 1. The van der Waals surface area contributed by atoms with Crippen LogP contribution in [0.5, 0.6) is 0 Å². The summed E-state index contributed by atoms with van der Waals surface area (Å²) in [6.07, 6.45) is 5.18. The molecule has 1 aromatic carbocycles. The fourth-order valence-corrected chi connectivity index (χ4v) is 4.61. The van der Waals surface area contributed by atoms with Crippen LogP contribution in [0, 0.1) is 11.3 Å². The minimum absolute atomic E-state index is 0.0459. The molecular weight excluding hydrogens is 318 g/mol. The normalized spacial score (nSPS) is 23.5. The van der Waals surface area contributed by atoms with Crippen molar-refractivity contribution in [2.24, 2.45) is 11.3 Å². The lowest BCUT2D eigenvalue weighted by molar-refractivity contribution is 0.142. The van der Waals surface area contributed by atoms with Gasteiger partial charge in [0.25, 0.3) is 0 Å². The highest BCUT2D eigenvalue weighted by Crippen LogP contribution is 2.40. The number of hydrogen-bond acceptors (Lipinski definition) is 2. The van der Waals surface area contributed by atoms with Gasteiger partial charge in [0.1, 0.15) is 0 Å². The Morgan fingerprint density at radius 2 is 1.68 bits per heavy atom. The maximum Gasteiger partial charge on any atom is 0.240 e. The molecule has 124 valence electrons. The van der Waals surface area contributed by atoms with E-state index in [2.05, 4.69) is 25.5 Å². The molecule has 1 aliphatic carbocycles. The molecular formula is C17H26ClNO2S. The zero-order valence-electron chi connectivity index (χ0n) is 13.6. The first-order chi connectivity index (χ1) is 10.2. The lowest BCUT2D eigenvalue weighted by Gasteiger charge is -2.39. The highest BCUT2D eigenvalue weighted by molar-refractivity contribution is 7.89. The number of hydrogen-bond donors (Lipinski definition) is 1. The van der Waals surface area contributed by atoms with E-state index >= 15 is 0 Å². The van der Waals surface area contributed by atoms with Crippen molar-refractivity contribution < 1.29 is 8.42 Å². The molecule has 0 aromatic heterocycles. The quantitative estimate of drug-likeness (QED) is 0.848. The molecule has 5 heteroatoms. The van der Waals surface area contributed by atoms with Gasteiger partial charge in [0.05, 0.1) is 4.90 Å². The third kappa shape index (κ3) is 4.24. The number of halogens is 1. The molecule has 0 saturated heterocycles. The van der Waals surface area contributed by atoms with Gasteiger partial charge in [-0.2, -0.15) is 0 Å². The van der Waals surface area contributed by atoms with E-state index < -0.39 is 10.0 Å². The van der Waals surface area contributed by atoms with Gasteiger partial charge in [0, 0.05) is 11.1 Å². The highest BCUT2D eigenvalue weighted by Gasteiger charge is 2.33. The summed E-state index contributed by atoms with van der Waals surface area (Å²) in [5, 5.41) is 0.543. The largest absolute Gasteiger partial charge is 0.240 e. The van der Waals surface area contributed by atoms with Crippen molar-refractivity contribution >= 4 is 21.6 Å². The van der Waals surface area contributed by atoms with Crippen molar-refractivity contribution in [1.82, 2.24) is 4.72 Å². The summed E-state index contributed by atoms with van der Waals surface area (Å²) in [7, 11) is -3.44. The van der Waals surface area contributed by atoms with Crippen LogP contribution in [0.3, 0.4) is 0 Å². The Bertz CT molecular complexity index is 588. The van der Waals surface area contributed by atoms with Gasteiger partial charge in [0.2, 0.25) is 10.0 Å². The molecule has 3 nitrogen and oxygen atoms in total. The van der Waals surface area contributed by atoms with Gasteiger partial charge in [0.15, 0.2) is 0 Å². The molecule has 1 fully saturated rings. The van der Waals surface area contributed by atoms with Gasteiger partial charge in [-0.15, -0.1) is 0 Å². The SMILES string of the molecule is CCC(C)(C)C1CCC(NS(=O)(=O)c2ccc(Cl)cc2)CC1. The van der Waals surface area contributed by atoms with Crippen LogP contribution in [0.25, 0.3) is 0 Å². The van der Waals surface area contributed by atoms with E-state index in [0.29, 0.717) is 16.4 Å². The van der Waals surface area contributed by atoms with Crippen LogP contribution in [-0.2, 0) is 10.0 Å². The van der Waals surface area contributed by atoms with E-state index in [-0.39, 0.29) is 10.9 Å². The van der Waals surface area contributed by atoms with Crippen LogP contribution in [0.4, 0.5) is 0 Å². The molecule has 0 atom stereocenters. The summed E-state index contributed by atoms with van der Waals surface area (Å²) in [5.74, 6) is 0.689. The van der Waals surface area contributed by atoms with Crippen molar-refractivity contribution in [3.05, 3.63) is 29.3 Å². The summed E-state index contributed by atoms with van der Waals surface area (Å²) in [5.41, 5.74) is 0.347. The Labute approximate surface area is 139 Å². The summed E-state index contributed by atoms with van der Waals surface area (Å²) in [6.45, 7) is 6.86. The van der Waals surface area contributed by atoms with E-state index in [1.165, 1.54) is 6.42 Å². The van der Waals surface area contributed by atoms with E-state index in [1.54, 1.807) is 24.3 Å². The Hall–Kier alpha value is -0.580. The lowest BCUT2D eigenvalue weighted by Crippen LogP contribution is -2.39. The molecule has 0 radical (unpaired) electrons. The molecule has 0 heterocycles. The molecule has 2 rings (SSSR count). The van der Waals surface area contributed by atoms with Crippen molar-refractivity contribution in [2.75, 3.05) is 0 Å². The molecule has 1 aromatic rings. The van der Waals surface area contributed by atoms with Crippen LogP contribution in [-0.4, -0.2) is 14.5 Å².